The van der Waals surface area contributed by atoms with Crippen LogP contribution in [0.5, 0.6) is 0 Å². The highest BCUT2D eigenvalue weighted by molar-refractivity contribution is 6.06. The number of hydrogen-bond donors (Lipinski definition) is 0. The molecule has 0 saturated heterocycles. The van der Waals surface area contributed by atoms with Crippen molar-refractivity contribution in [1.29, 1.82) is 0 Å². The molecular formula is C53H35N5. The highest BCUT2D eigenvalue weighted by atomic mass is 15.0. The molecule has 2 heterocycles. The fourth-order valence-corrected chi connectivity index (χ4v) is 7.51. The van der Waals surface area contributed by atoms with Crippen molar-refractivity contribution in [2.24, 2.45) is 0 Å². The summed E-state index contributed by atoms with van der Waals surface area (Å²) in [7, 11) is 0. The van der Waals surface area contributed by atoms with Crippen LogP contribution >= 0.6 is 0 Å². The number of nitrogens with zero attached hydrogens (tertiary/aromatic N) is 5. The first kappa shape index (κ1) is 34.6. The first-order valence-corrected chi connectivity index (χ1v) is 19.3. The van der Waals surface area contributed by atoms with E-state index in [-0.39, 0.29) is 0 Å². The lowest BCUT2D eigenvalue weighted by atomic mass is 9.91. The van der Waals surface area contributed by atoms with Crippen LogP contribution in [0.4, 0.5) is 0 Å². The minimum atomic E-state index is 0.625. The molecule has 0 radical (unpaired) electrons. The van der Waals surface area contributed by atoms with Crippen molar-refractivity contribution in [2.75, 3.05) is 0 Å². The fraction of sp³-hybridized carbons (Fsp3) is 0. The third kappa shape index (κ3) is 6.71. The van der Waals surface area contributed by atoms with Crippen molar-refractivity contribution in [3.63, 3.8) is 0 Å². The standard InChI is InChI=1S/C53H35N5/c1-6-18-37(19-7-1)47-48(38-20-8-2-9-21-38)55-50(49(54-47)39-22-10-3-11-23-39)46-35-34-43(44-28-16-17-29-45(44)46)36-30-32-42(33-31-36)53-57-51(40-24-12-4-13-25-40)56-52(58-53)41-26-14-5-15-27-41/h1-35H. The van der Waals surface area contributed by atoms with E-state index in [2.05, 4.69) is 133 Å². The smallest absolute Gasteiger partial charge is 0.164 e. The second-order valence-corrected chi connectivity index (χ2v) is 14.0. The van der Waals surface area contributed by atoms with Gasteiger partial charge in [0.05, 0.1) is 22.8 Å². The van der Waals surface area contributed by atoms with Gasteiger partial charge >= 0.3 is 0 Å². The molecule has 0 amide bonds. The Hall–Kier alpha value is -7.89. The average Bonchev–Trinajstić information content (AvgIpc) is 3.32. The van der Waals surface area contributed by atoms with Gasteiger partial charge in [0.2, 0.25) is 0 Å². The number of rotatable bonds is 8. The quantitative estimate of drug-likeness (QED) is 0.155. The van der Waals surface area contributed by atoms with Gasteiger partial charge in [-0.3, -0.25) is 0 Å². The summed E-state index contributed by atoms with van der Waals surface area (Å²) in [5.41, 5.74) is 12.4. The van der Waals surface area contributed by atoms with Gasteiger partial charge in [-0.2, -0.15) is 0 Å². The summed E-state index contributed by atoms with van der Waals surface area (Å²) < 4.78 is 0. The van der Waals surface area contributed by atoms with Crippen molar-refractivity contribution in [2.45, 2.75) is 0 Å². The van der Waals surface area contributed by atoms with Crippen LogP contribution in [0.15, 0.2) is 212 Å². The number of hydrogen-bond acceptors (Lipinski definition) is 5. The van der Waals surface area contributed by atoms with Gasteiger partial charge in [-0.15, -0.1) is 0 Å². The van der Waals surface area contributed by atoms with E-state index in [1.807, 2.05) is 78.9 Å². The molecule has 0 bridgehead atoms. The van der Waals surface area contributed by atoms with Crippen LogP contribution in [-0.2, 0) is 0 Å². The summed E-state index contributed by atoms with van der Waals surface area (Å²) in [4.78, 5) is 25.8. The third-order valence-corrected chi connectivity index (χ3v) is 10.4. The Morgan fingerprint density at radius 1 is 0.190 bits per heavy atom. The monoisotopic (exact) mass is 741 g/mol. The van der Waals surface area contributed by atoms with Gasteiger partial charge in [-0.25, -0.2) is 24.9 Å². The molecule has 0 aliphatic rings. The predicted molar refractivity (Wildman–Crippen MR) is 236 cm³/mol. The van der Waals surface area contributed by atoms with Crippen LogP contribution in [0.2, 0.25) is 0 Å². The van der Waals surface area contributed by atoms with Gasteiger partial charge in [-0.05, 0) is 21.9 Å². The Bertz CT molecular complexity index is 2950. The van der Waals surface area contributed by atoms with E-state index in [1.165, 1.54) is 0 Å². The molecule has 0 fully saturated rings. The zero-order valence-corrected chi connectivity index (χ0v) is 31.4. The van der Waals surface area contributed by atoms with E-state index in [0.29, 0.717) is 17.5 Å². The molecule has 8 aromatic carbocycles. The number of benzene rings is 8. The van der Waals surface area contributed by atoms with Crippen LogP contribution in [0.1, 0.15) is 0 Å². The highest BCUT2D eigenvalue weighted by Crippen LogP contribution is 2.41. The largest absolute Gasteiger partial charge is 0.243 e. The van der Waals surface area contributed by atoms with Crippen molar-refractivity contribution in [3.8, 4) is 90.3 Å². The Kier molecular flexibility index (Phi) is 9.14. The summed E-state index contributed by atoms with van der Waals surface area (Å²) in [5.74, 6) is 1.90. The predicted octanol–water partition coefficient (Wildman–Crippen LogP) is 13.2. The topological polar surface area (TPSA) is 64.5 Å². The van der Waals surface area contributed by atoms with Gasteiger partial charge in [0.15, 0.2) is 17.5 Å². The summed E-state index contributed by atoms with van der Waals surface area (Å²) in [6, 6.07) is 72.7. The summed E-state index contributed by atoms with van der Waals surface area (Å²) >= 11 is 0. The molecule has 5 nitrogen and oxygen atoms in total. The fourth-order valence-electron chi connectivity index (χ4n) is 7.51. The second-order valence-electron chi connectivity index (χ2n) is 14.0. The zero-order valence-electron chi connectivity index (χ0n) is 31.4. The van der Waals surface area contributed by atoms with Gasteiger partial charge < -0.3 is 0 Å². The van der Waals surface area contributed by atoms with Crippen molar-refractivity contribution in [3.05, 3.63) is 212 Å². The lowest BCUT2D eigenvalue weighted by Crippen LogP contribution is -2.01. The number of fused-ring (bicyclic) bond motifs is 1. The van der Waals surface area contributed by atoms with Crippen LogP contribution in [0.25, 0.3) is 101 Å². The first-order chi connectivity index (χ1) is 28.8. The first-order valence-electron chi connectivity index (χ1n) is 19.3. The summed E-state index contributed by atoms with van der Waals surface area (Å²) in [5, 5.41) is 2.22. The maximum Gasteiger partial charge on any atom is 0.164 e. The molecule has 0 aliphatic carbocycles. The second kappa shape index (κ2) is 15.3. The summed E-state index contributed by atoms with van der Waals surface area (Å²) in [6.45, 7) is 0. The SMILES string of the molecule is c1ccc(-c2nc(-c3ccccc3)nc(-c3ccc(-c4ccc(-c5nc(-c6ccccc6)c(-c6ccccc6)nc5-c5ccccc5)c5ccccc45)cc3)n2)cc1. The van der Waals surface area contributed by atoms with Crippen molar-refractivity contribution in [1.82, 2.24) is 24.9 Å². The van der Waals surface area contributed by atoms with Gasteiger partial charge in [-0.1, -0.05) is 212 Å². The molecule has 0 unspecified atom stereocenters. The number of aromatic nitrogens is 5. The van der Waals surface area contributed by atoms with E-state index >= 15 is 0 Å². The maximum atomic E-state index is 5.54. The molecular weight excluding hydrogens is 707 g/mol. The Morgan fingerprint density at radius 3 is 0.914 bits per heavy atom. The van der Waals surface area contributed by atoms with Gasteiger partial charge in [0, 0.05) is 38.9 Å². The van der Waals surface area contributed by atoms with E-state index in [1.54, 1.807) is 0 Å². The molecule has 2 aromatic heterocycles. The van der Waals surface area contributed by atoms with Crippen LogP contribution in [0, 0.1) is 0 Å². The van der Waals surface area contributed by atoms with E-state index in [4.69, 9.17) is 24.9 Å². The van der Waals surface area contributed by atoms with Crippen LogP contribution in [-0.4, -0.2) is 24.9 Å². The van der Waals surface area contributed by atoms with E-state index in [9.17, 15) is 0 Å². The minimum Gasteiger partial charge on any atom is -0.243 e. The molecule has 272 valence electrons. The Labute approximate surface area is 337 Å². The minimum absolute atomic E-state index is 0.625. The molecule has 0 spiro atoms. The Morgan fingerprint density at radius 2 is 0.483 bits per heavy atom. The van der Waals surface area contributed by atoms with Gasteiger partial charge in [0.25, 0.3) is 0 Å². The molecule has 0 N–H and O–H groups in total. The molecule has 0 atom stereocenters. The highest BCUT2D eigenvalue weighted by Gasteiger charge is 2.21. The molecule has 58 heavy (non-hydrogen) atoms. The molecule has 5 heteroatoms. The third-order valence-electron chi connectivity index (χ3n) is 10.4. The summed E-state index contributed by atoms with van der Waals surface area (Å²) in [6.07, 6.45) is 0. The van der Waals surface area contributed by atoms with Gasteiger partial charge in [0.1, 0.15) is 0 Å². The molecule has 0 saturated carbocycles. The lowest BCUT2D eigenvalue weighted by molar-refractivity contribution is 1.07. The normalized spacial score (nSPS) is 11.1. The van der Waals surface area contributed by atoms with Crippen molar-refractivity contribution < 1.29 is 0 Å². The van der Waals surface area contributed by atoms with E-state index < -0.39 is 0 Å². The average molecular weight is 742 g/mol. The molecule has 10 aromatic rings. The maximum absolute atomic E-state index is 5.54. The zero-order chi connectivity index (χ0) is 38.7. The molecule has 10 rings (SSSR count). The van der Waals surface area contributed by atoms with Crippen LogP contribution < -0.4 is 0 Å². The lowest BCUT2D eigenvalue weighted by Gasteiger charge is -2.18. The molecule has 0 aliphatic heterocycles. The Balaban J connectivity index is 1.10. The van der Waals surface area contributed by atoms with Crippen LogP contribution in [0.3, 0.4) is 0 Å². The van der Waals surface area contributed by atoms with E-state index in [0.717, 1.165) is 83.6 Å². The van der Waals surface area contributed by atoms with Crippen molar-refractivity contribution >= 4 is 10.8 Å².